The normalized spacial score (nSPS) is 9.93. The Morgan fingerprint density at radius 1 is 1.20 bits per heavy atom. The molecule has 0 saturated heterocycles. The Labute approximate surface area is 89.4 Å². The van der Waals surface area contributed by atoms with Crippen molar-refractivity contribution in [2.45, 2.75) is 6.92 Å². The van der Waals surface area contributed by atoms with E-state index in [9.17, 15) is 4.79 Å². The fourth-order valence-corrected chi connectivity index (χ4v) is 1.53. The van der Waals surface area contributed by atoms with Crippen LogP contribution in [0, 0.1) is 12.1 Å². The summed E-state index contributed by atoms with van der Waals surface area (Å²) in [6.07, 6.45) is 0. The van der Waals surface area contributed by atoms with Gasteiger partial charge in [0, 0.05) is 5.56 Å². The van der Waals surface area contributed by atoms with Gasteiger partial charge < -0.3 is 0 Å². The summed E-state index contributed by atoms with van der Waals surface area (Å²) in [5, 5.41) is 0. The first-order valence-electron chi connectivity index (χ1n) is 4.77. The number of rotatable bonds is 2. The third-order valence-corrected chi connectivity index (χ3v) is 2.24. The van der Waals surface area contributed by atoms with Crippen LogP contribution in [0.25, 0.3) is 11.1 Å². The predicted octanol–water partition coefficient (Wildman–Crippen LogP) is 3.16. The number of benzene rings is 2. The molecule has 1 nitrogen and oxygen atoms in total. The van der Waals surface area contributed by atoms with Crippen LogP contribution in [-0.4, -0.2) is 5.78 Å². The molecule has 0 bridgehead atoms. The van der Waals surface area contributed by atoms with Crippen molar-refractivity contribution in [2.24, 2.45) is 0 Å². The second kappa shape index (κ2) is 4.09. The minimum absolute atomic E-state index is 0.0721. The van der Waals surface area contributed by atoms with Crippen LogP contribution in [0.1, 0.15) is 17.3 Å². The maximum atomic E-state index is 11.4. The van der Waals surface area contributed by atoms with Crippen molar-refractivity contribution in [3.8, 4) is 11.1 Å². The highest BCUT2D eigenvalue weighted by Gasteiger charge is 2.07. The quantitative estimate of drug-likeness (QED) is 0.671. The van der Waals surface area contributed by atoms with Gasteiger partial charge >= 0.3 is 0 Å². The van der Waals surface area contributed by atoms with Gasteiger partial charge in [-0.25, -0.2) is 0 Å². The van der Waals surface area contributed by atoms with Crippen LogP contribution < -0.4 is 0 Å². The number of carbonyl (C=O) groups excluding carboxylic acids is 1. The molecule has 2 rings (SSSR count). The second-order valence-corrected chi connectivity index (χ2v) is 3.30. The van der Waals surface area contributed by atoms with E-state index in [0.29, 0.717) is 0 Å². The number of hydrogen-bond donors (Lipinski definition) is 0. The van der Waals surface area contributed by atoms with Crippen molar-refractivity contribution in [3.63, 3.8) is 0 Å². The fourth-order valence-electron chi connectivity index (χ4n) is 1.53. The first kappa shape index (κ1) is 9.66. The summed E-state index contributed by atoms with van der Waals surface area (Å²) in [7, 11) is 0. The van der Waals surface area contributed by atoms with E-state index in [1.807, 2.05) is 30.3 Å². The van der Waals surface area contributed by atoms with Crippen molar-refractivity contribution in [2.75, 3.05) is 0 Å². The highest BCUT2D eigenvalue weighted by Crippen LogP contribution is 2.22. The Morgan fingerprint density at radius 2 is 2.00 bits per heavy atom. The van der Waals surface area contributed by atoms with Gasteiger partial charge in [-0.15, -0.1) is 0 Å². The van der Waals surface area contributed by atoms with E-state index in [-0.39, 0.29) is 5.78 Å². The predicted molar refractivity (Wildman–Crippen MR) is 59.6 cm³/mol. The van der Waals surface area contributed by atoms with Gasteiger partial charge in [0.1, 0.15) is 0 Å². The second-order valence-electron chi connectivity index (χ2n) is 3.30. The Kier molecular flexibility index (Phi) is 2.64. The molecule has 2 radical (unpaired) electrons. The molecule has 0 spiro atoms. The minimum atomic E-state index is 0.0721. The number of ketones is 1. The summed E-state index contributed by atoms with van der Waals surface area (Å²) < 4.78 is 0. The van der Waals surface area contributed by atoms with Crippen LogP contribution in [0.2, 0.25) is 0 Å². The third-order valence-electron chi connectivity index (χ3n) is 2.24. The molecular weight excluding hydrogens is 184 g/mol. The molecule has 0 aliphatic rings. The van der Waals surface area contributed by atoms with Gasteiger partial charge in [0.15, 0.2) is 5.78 Å². The van der Waals surface area contributed by atoms with Crippen molar-refractivity contribution in [1.82, 2.24) is 0 Å². The van der Waals surface area contributed by atoms with Crippen molar-refractivity contribution in [1.29, 1.82) is 0 Å². The molecule has 2 aromatic rings. The summed E-state index contributed by atoms with van der Waals surface area (Å²) >= 11 is 0. The molecular formula is C14H10O. The Bertz CT molecular complexity index is 472. The first-order valence-corrected chi connectivity index (χ1v) is 4.77. The monoisotopic (exact) mass is 194 g/mol. The molecule has 2 aromatic carbocycles. The van der Waals surface area contributed by atoms with Gasteiger partial charge in [0.25, 0.3) is 0 Å². The summed E-state index contributed by atoms with van der Waals surface area (Å²) in [6.45, 7) is 1.57. The minimum Gasteiger partial charge on any atom is -0.294 e. The lowest BCUT2D eigenvalue weighted by Crippen LogP contribution is -1.95. The molecule has 0 heterocycles. The van der Waals surface area contributed by atoms with Crippen LogP contribution >= 0.6 is 0 Å². The van der Waals surface area contributed by atoms with E-state index in [1.165, 1.54) is 0 Å². The summed E-state index contributed by atoms with van der Waals surface area (Å²) in [4.78, 5) is 11.4. The lowest BCUT2D eigenvalue weighted by molar-refractivity contribution is 0.101. The lowest BCUT2D eigenvalue weighted by Gasteiger charge is -2.05. The average molecular weight is 194 g/mol. The summed E-state index contributed by atoms with van der Waals surface area (Å²) in [5.74, 6) is 0.0721. The van der Waals surface area contributed by atoms with Gasteiger partial charge in [-0.1, -0.05) is 36.4 Å². The van der Waals surface area contributed by atoms with E-state index in [2.05, 4.69) is 12.1 Å². The molecule has 0 atom stereocenters. The highest BCUT2D eigenvalue weighted by molar-refractivity contribution is 6.00. The molecule has 0 unspecified atom stereocenters. The van der Waals surface area contributed by atoms with Crippen LogP contribution in [0.5, 0.6) is 0 Å². The van der Waals surface area contributed by atoms with E-state index in [0.717, 1.165) is 16.7 Å². The lowest BCUT2D eigenvalue weighted by atomic mass is 9.98. The van der Waals surface area contributed by atoms with Crippen LogP contribution in [0.3, 0.4) is 0 Å². The largest absolute Gasteiger partial charge is 0.294 e. The Morgan fingerprint density at radius 3 is 2.67 bits per heavy atom. The average Bonchev–Trinajstić information content (AvgIpc) is 2.30. The third kappa shape index (κ3) is 1.96. The fraction of sp³-hybridized carbons (Fsp3) is 0.0714. The molecule has 0 fully saturated rings. The van der Waals surface area contributed by atoms with Crippen molar-refractivity contribution < 1.29 is 4.79 Å². The molecule has 0 aliphatic carbocycles. The molecule has 0 aliphatic heterocycles. The van der Waals surface area contributed by atoms with Crippen LogP contribution in [0.4, 0.5) is 0 Å². The zero-order valence-electron chi connectivity index (χ0n) is 8.45. The van der Waals surface area contributed by atoms with Gasteiger partial charge in [-0.3, -0.25) is 4.79 Å². The topological polar surface area (TPSA) is 17.1 Å². The van der Waals surface area contributed by atoms with E-state index in [4.69, 9.17) is 0 Å². The molecule has 0 aromatic heterocycles. The van der Waals surface area contributed by atoms with Crippen molar-refractivity contribution >= 4 is 5.78 Å². The molecule has 1 heteroatoms. The summed E-state index contributed by atoms with van der Waals surface area (Å²) in [6, 6.07) is 19.1. The number of hydrogen-bond acceptors (Lipinski definition) is 1. The maximum Gasteiger partial charge on any atom is 0.160 e. The van der Waals surface area contributed by atoms with Crippen molar-refractivity contribution in [3.05, 3.63) is 60.2 Å². The number of carbonyl (C=O) groups is 1. The van der Waals surface area contributed by atoms with E-state index >= 15 is 0 Å². The van der Waals surface area contributed by atoms with Gasteiger partial charge in [-0.2, -0.15) is 0 Å². The molecule has 15 heavy (non-hydrogen) atoms. The smallest absolute Gasteiger partial charge is 0.160 e. The first-order chi connectivity index (χ1) is 7.29. The zero-order valence-corrected chi connectivity index (χ0v) is 8.45. The standard InChI is InChI=1S/C14H10O/c1-11(15)13-9-5-6-10-14(13)12-7-3-2-4-8-12/h2-3,5-6,8-10H,1H3. The van der Waals surface area contributed by atoms with Gasteiger partial charge in [-0.05, 0) is 36.2 Å². The maximum absolute atomic E-state index is 11.4. The molecule has 0 saturated carbocycles. The SMILES string of the molecule is CC(=O)c1ccccc1-c1[c]cc[c]c1. The Balaban J connectivity index is 2.58. The summed E-state index contributed by atoms with van der Waals surface area (Å²) in [5.41, 5.74) is 2.55. The van der Waals surface area contributed by atoms with Gasteiger partial charge in [0.05, 0.1) is 0 Å². The number of Topliss-reactive ketones (excluding diaryl/α,β-unsaturated/α-hetero) is 1. The Hall–Kier alpha value is -1.89. The molecule has 0 N–H and O–H groups in total. The van der Waals surface area contributed by atoms with E-state index < -0.39 is 0 Å². The highest BCUT2D eigenvalue weighted by atomic mass is 16.1. The van der Waals surface area contributed by atoms with Gasteiger partial charge in [0.2, 0.25) is 0 Å². The molecule has 0 amide bonds. The molecule has 72 valence electrons. The van der Waals surface area contributed by atoms with Crippen LogP contribution in [0.15, 0.2) is 42.5 Å². The zero-order chi connectivity index (χ0) is 10.7. The van der Waals surface area contributed by atoms with Crippen LogP contribution in [-0.2, 0) is 0 Å². The van der Waals surface area contributed by atoms with E-state index in [1.54, 1.807) is 19.1 Å².